The molecule has 2 aliphatic rings. The SMILES string of the molecule is CCN(C/C=C/C(=O)N(C)C)C1(COc2ccc(/C(=C(/CC(F)(F)F)c3ccccc3)c3ccc(NC4CCCCO4)c(C(=N)F)c3)cn2)CC1. The van der Waals surface area contributed by atoms with Gasteiger partial charge in [0, 0.05) is 56.8 Å². The molecule has 1 atom stereocenters. The van der Waals surface area contributed by atoms with E-state index in [1.165, 1.54) is 17.2 Å². The molecule has 12 heteroatoms. The van der Waals surface area contributed by atoms with Crippen molar-refractivity contribution in [2.75, 3.05) is 45.7 Å². The third-order valence-electron chi connectivity index (χ3n) is 9.26. The predicted molar refractivity (Wildman–Crippen MR) is 191 cm³/mol. The Morgan fingerprint density at radius 1 is 1.08 bits per heavy atom. The standard InChI is InChI=1S/C39H45F4N5O3/c1-4-48(21-10-14-35(49)47(2)3)38(19-20-38)26-51-33-18-16-29(25-45-33)36(31(24-39(41,42)43)27-11-6-5-7-12-27)28-15-17-32(30(23-28)37(40)44)46-34-13-8-9-22-50-34/h5-7,10-12,14-18,23,25,34,44,46H,4,8-9,13,19-22,24,26H2,1-3H3/b14-10+,36-31-,44-37?. The van der Waals surface area contributed by atoms with Gasteiger partial charge in [-0.3, -0.25) is 15.1 Å². The average Bonchev–Trinajstić information content (AvgIpc) is 3.91. The number of pyridine rings is 1. The summed E-state index contributed by atoms with van der Waals surface area (Å²) in [5.74, 6) is -0.992. The molecular formula is C39H45F4N5O3. The minimum atomic E-state index is -4.55. The number of alkyl halides is 3. The zero-order valence-corrected chi connectivity index (χ0v) is 29.2. The van der Waals surface area contributed by atoms with Gasteiger partial charge < -0.3 is 19.7 Å². The molecule has 1 saturated heterocycles. The lowest BCUT2D eigenvalue weighted by Gasteiger charge is -2.29. The highest BCUT2D eigenvalue weighted by Gasteiger charge is 2.48. The minimum Gasteiger partial charge on any atom is -0.476 e. The first kappa shape index (κ1) is 37.7. The van der Waals surface area contributed by atoms with E-state index in [1.807, 2.05) is 6.08 Å². The van der Waals surface area contributed by atoms with Gasteiger partial charge in [-0.1, -0.05) is 49.4 Å². The molecule has 2 fully saturated rings. The number of amides is 1. The summed E-state index contributed by atoms with van der Waals surface area (Å²) in [6.07, 6.45) is 3.13. The second-order valence-corrected chi connectivity index (χ2v) is 13.2. The number of ether oxygens (including phenoxy) is 2. The Balaban J connectivity index is 1.47. The highest BCUT2D eigenvalue weighted by molar-refractivity contribution is 6.02. The first-order chi connectivity index (χ1) is 24.4. The number of aromatic nitrogens is 1. The van der Waals surface area contributed by atoms with E-state index in [9.17, 15) is 22.4 Å². The van der Waals surface area contributed by atoms with Crippen LogP contribution in [0.1, 0.15) is 67.7 Å². The Kier molecular flexibility index (Phi) is 12.3. The second-order valence-electron chi connectivity index (χ2n) is 13.2. The van der Waals surface area contributed by atoms with E-state index in [0.717, 1.165) is 32.2 Å². The fraction of sp³-hybridized carbons (Fsp3) is 0.410. The lowest BCUT2D eigenvalue weighted by atomic mass is 9.87. The third-order valence-corrected chi connectivity index (χ3v) is 9.26. The molecule has 5 rings (SSSR count). The second kappa shape index (κ2) is 16.6. The molecule has 0 radical (unpaired) electrons. The van der Waals surface area contributed by atoms with Crippen molar-refractivity contribution in [3.8, 4) is 5.88 Å². The molecule has 1 aliphatic heterocycles. The van der Waals surface area contributed by atoms with E-state index in [2.05, 4.69) is 22.1 Å². The molecule has 1 saturated carbocycles. The van der Waals surface area contributed by atoms with Crippen LogP contribution >= 0.6 is 0 Å². The number of benzene rings is 2. The molecule has 1 aliphatic carbocycles. The highest BCUT2D eigenvalue weighted by Crippen LogP contribution is 2.43. The quantitative estimate of drug-likeness (QED) is 0.0719. The van der Waals surface area contributed by atoms with Gasteiger partial charge in [-0.15, -0.1) is 0 Å². The van der Waals surface area contributed by atoms with Gasteiger partial charge in [0.2, 0.25) is 17.8 Å². The predicted octanol–water partition coefficient (Wildman–Crippen LogP) is 8.10. The van der Waals surface area contributed by atoms with Crippen molar-refractivity contribution in [1.82, 2.24) is 14.8 Å². The largest absolute Gasteiger partial charge is 0.476 e. The lowest BCUT2D eigenvalue weighted by molar-refractivity contribution is -0.124. The normalized spacial score (nSPS) is 17.6. The Labute approximate surface area is 296 Å². The van der Waals surface area contributed by atoms with Crippen LogP contribution in [0.5, 0.6) is 5.88 Å². The van der Waals surface area contributed by atoms with Gasteiger partial charge in [0.15, 0.2) is 0 Å². The molecular weight excluding hydrogens is 662 g/mol. The number of halogens is 4. The van der Waals surface area contributed by atoms with Gasteiger partial charge in [-0.25, -0.2) is 4.98 Å². The summed E-state index contributed by atoms with van der Waals surface area (Å²) in [7, 11) is 3.40. The molecule has 8 nitrogen and oxygen atoms in total. The van der Waals surface area contributed by atoms with Crippen LogP contribution in [-0.2, 0) is 9.53 Å². The molecule has 51 heavy (non-hydrogen) atoms. The third kappa shape index (κ3) is 10.0. The van der Waals surface area contributed by atoms with E-state index >= 15 is 0 Å². The smallest absolute Gasteiger partial charge is 0.393 e. The van der Waals surface area contributed by atoms with Crippen molar-refractivity contribution in [1.29, 1.82) is 5.41 Å². The van der Waals surface area contributed by atoms with E-state index in [4.69, 9.17) is 14.9 Å². The van der Waals surface area contributed by atoms with Gasteiger partial charge in [0.05, 0.1) is 17.5 Å². The maximum Gasteiger partial charge on any atom is 0.393 e. The monoisotopic (exact) mass is 707 g/mol. The van der Waals surface area contributed by atoms with Gasteiger partial charge in [0.25, 0.3) is 0 Å². The highest BCUT2D eigenvalue weighted by atomic mass is 19.4. The molecule has 1 unspecified atom stereocenters. The van der Waals surface area contributed by atoms with E-state index < -0.39 is 18.6 Å². The molecule has 2 aromatic carbocycles. The molecule has 2 heterocycles. The fourth-order valence-corrected chi connectivity index (χ4v) is 6.33. The molecule has 2 N–H and O–H groups in total. The van der Waals surface area contributed by atoms with Crippen molar-refractivity contribution in [3.05, 3.63) is 101 Å². The minimum absolute atomic E-state index is 0.0115. The molecule has 1 aromatic heterocycles. The zero-order chi connectivity index (χ0) is 36.6. The van der Waals surface area contributed by atoms with Gasteiger partial charge in [0.1, 0.15) is 12.8 Å². The van der Waals surface area contributed by atoms with Gasteiger partial charge in [-0.2, -0.15) is 17.6 Å². The van der Waals surface area contributed by atoms with Crippen LogP contribution in [0, 0.1) is 5.41 Å². The van der Waals surface area contributed by atoms with Crippen LogP contribution in [-0.4, -0.2) is 85.0 Å². The number of carbonyl (C=O) groups is 1. The fourth-order valence-electron chi connectivity index (χ4n) is 6.33. The first-order valence-corrected chi connectivity index (χ1v) is 17.2. The number of hydrogen-bond donors (Lipinski definition) is 2. The Morgan fingerprint density at radius 3 is 2.41 bits per heavy atom. The summed E-state index contributed by atoms with van der Waals surface area (Å²) in [6, 6.07) is 16.2. The number of rotatable bonds is 15. The summed E-state index contributed by atoms with van der Waals surface area (Å²) in [5.41, 5.74) is 1.29. The van der Waals surface area contributed by atoms with E-state index in [0.29, 0.717) is 54.4 Å². The summed E-state index contributed by atoms with van der Waals surface area (Å²) in [6.45, 7) is 4.31. The van der Waals surface area contributed by atoms with Crippen LogP contribution in [0.15, 0.2) is 79.0 Å². The summed E-state index contributed by atoms with van der Waals surface area (Å²) < 4.78 is 69.4. The van der Waals surface area contributed by atoms with E-state index in [-0.39, 0.29) is 34.4 Å². The Morgan fingerprint density at radius 2 is 1.82 bits per heavy atom. The molecule has 0 bridgehead atoms. The number of likely N-dealkylation sites (N-methyl/N-ethyl adjacent to an activating group) is 2. The number of carbonyl (C=O) groups excluding carboxylic acids is 1. The number of hydrogen-bond acceptors (Lipinski definition) is 7. The lowest BCUT2D eigenvalue weighted by Crippen LogP contribution is -2.42. The Hall–Kier alpha value is -4.55. The first-order valence-electron chi connectivity index (χ1n) is 17.2. The topological polar surface area (TPSA) is 90.8 Å². The van der Waals surface area contributed by atoms with Crippen molar-refractivity contribution in [2.24, 2.45) is 0 Å². The van der Waals surface area contributed by atoms with Crippen LogP contribution in [0.4, 0.5) is 23.2 Å². The van der Waals surface area contributed by atoms with Crippen LogP contribution in [0.25, 0.3) is 11.1 Å². The zero-order valence-electron chi connectivity index (χ0n) is 29.2. The summed E-state index contributed by atoms with van der Waals surface area (Å²) in [4.78, 5) is 20.2. The van der Waals surface area contributed by atoms with Crippen LogP contribution in [0.3, 0.4) is 0 Å². The number of nitrogens with zero attached hydrogens (tertiary/aromatic N) is 3. The van der Waals surface area contributed by atoms with Crippen LogP contribution < -0.4 is 10.1 Å². The van der Waals surface area contributed by atoms with Gasteiger partial charge >= 0.3 is 6.18 Å². The van der Waals surface area contributed by atoms with Gasteiger partial charge in [-0.05, 0) is 79.1 Å². The maximum absolute atomic E-state index is 14.8. The number of allylic oxidation sites excluding steroid dienone is 1. The molecule has 272 valence electrons. The molecule has 0 spiro atoms. The molecule has 1 amide bonds. The summed E-state index contributed by atoms with van der Waals surface area (Å²) in [5, 5.41) is 11.1. The molecule has 3 aromatic rings. The number of anilines is 1. The Bertz CT molecular complexity index is 1710. The van der Waals surface area contributed by atoms with E-state index in [1.54, 1.807) is 74.8 Å². The number of nitrogens with one attached hydrogen (secondary N) is 2. The van der Waals surface area contributed by atoms with Crippen molar-refractivity contribution in [3.63, 3.8) is 0 Å². The van der Waals surface area contributed by atoms with Crippen molar-refractivity contribution in [2.45, 2.75) is 63.4 Å². The maximum atomic E-state index is 14.8. The summed E-state index contributed by atoms with van der Waals surface area (Å²) >= 11 is 0. The van der Waals surface area contributed by atoms with Crippen LogP contribution in [0.2, 0.25) is 0 Å². The van der Waals surface area contributed by atoms with Crippen molar-refractivity contribution < 1.29 is 31.8 Å². The van der Waals surface area contributed by atoms with Crippen molar-refractivity contribution >= 4 is 28.7 Å². The average molecular weight is 708 g/mol.